The molecule has 2 aromatic carbocycles. The van der Waals surface area contributed by atoms with E-state index in [0.717, 1.165) is 5.56 Å². The molecule has 0 fully saturated rings. The van der Waals surface area contributed by atoms with Crippen molar-refractivity contribution < 1.29 is 19.1 Å². The van der Waals surface area contributed by atoms with Crippen molar-refractivity contribution in [3.05, 3.63) is 84.2 Å². The maximum Gasteiger partial charge on any atom is 0.271 e. The highest BCUT2D eigenvalue weighted by Gasteiger charge is 2.05. The summed E-state index contributed by atoms with van der Waals surface area (Å²) in [5.41, 5.74) is 4.34. The van der Waals surface area contributed by atoms with Gasteiger partial charge in [-0.2, -0.15) is 5.10 Å². The molecule has 1 heterocycles. The first-order valence-corrected chi connectivity index (χ1v) is 9.04. The van der Waals surface area contributed by atoms with Crippen molar-refractivity contribution in [3.63, 3.8) is 0 Å². The van der Waals surface area contributed by atoms with Gasteiger partial charge in [-0.15, -0.1) is 0 Å². The Balaban J connectivity index is 1.44. The summed E-state index contributed by atoms with van der Waals surface area (Å²) in [6.45, 7) is -0.124. The lowest BCUT2D eigenvalue weighted by Gasteiger charge is -2.08. The molecule has 2 amide bonds. The molecule has 0 spiro atoms. The number of carbonyl (C=O) groups excluding carboxylic acids is 2. The van der Waals surface area contributed by atoms with Gasteiger partial charge in [0.2, 0.25) is 0 Å². The highest BCUT2D eigenvalue weighted by molar-refractivity contribution is 5.94. The van der Waals surface area contributed by atoms with Gasteiger partial charge in [0.05, 0.1) is 13.3 Å². The van der Waals surface area contributed by atoms with Gasteiger partial charge in [-0.25, -0.2) is 5.43 Å². The van der Waals surface area contributed by atoms with E-state index in [1.165, 1.54) is 18.6 Å². The molecule has 3 rings (SSSR count). The molecule has 0 bridgehead atoms. The lowest BCUT2D eigenvalue weighted by molar-refractivity contribution is -0.118. The Morgan fingerprint density at radius 3 is 2.30 bits per heavy atom. The van der Waals surface area contributed by atoms with E-state index in [0.29, 0.717) is 22.7 Å². The second kappa shape index (κ2) is 10.4. The summed E-state index contributed by atoms with van der Waals surface area (Å²) in [4.78, 5) is 27.7. The van der Waals surface area contributed by atoms with E-state index < -0.39 is 0 Å². The number of benzene rings is 2. The van der Waals surface area contributed by atoms with Crippen LogP contribution in [0.25, 0.3) is 0 Å². The number of hydrazone groups is 1. The average Bonchev–Trinajstić information content (AvgIpc) is 2.79. The van der Waals surface area contributed by atoms with Crippen molar-refractivity contribution in [2.24, 2.45) is 5.10 Å². The summed E-state index contributed by atoms with van der Waals surface area (Å²) in [6.07, 6.45) is 4.59. The highest BCUT2D eigenvalue weighted by atomic mass is 16.5. The molecule has 0 atom stereocenters. The maximum atomic E-state index is 12.0. The third kappa shape index (κ3) is 6.16. The van der Waals surface area contributed by atoms with Crippen LogP contribution in [0, 0.1) is 0 Å². The van der Waals surface area contributed by atoms with E-state index in [1.54, 1.807) is 67.8 Å². The van der Waals surface area contributed by atoms with E-state index in [2.05, 4.69) is 20.8 Å². The van der Waals surface area contributed by atoms with Crippen LogP contribution in [0.5, 0.6) is 11.5 Å². The Labute approximate surface area is 173 Å². The Hall–Kier alpha value is -4.20. The molecular formula is C22H20N4O4. The molecule has 8 nitrogen and oxygen atoms in total. The zero-order valence-corrected chi connectivity index (χ0v) is 16.2. The number of aromatic nitrogens is 1. The molecule has 0 aliphatic heterocycles. The van der Waals surface area contributed by atoms with Gasteiger partial charge in [-0.05, 0) is 66.2 Å². The number of hydrogen-bond acceptors (Lipinski definition) is 6. The Bertz CT molecular complexity index is 1000. The Kier molecular flexibility index (Phi) is 7.10. The summed E-state index contributed by atoms with van der Waals surface area (Å²) < 4.78 is 10.6. The second-order valence-electron chi connectivity index (χ2n) is 6.07. The third-order valence-electron chi connectivity index (χ3n) is 3.95. The minimum atomic E-state index is -0.323. The molecule has 1 aromatic heterocycles. The number of pyridine rings is 1. The van der Waals surface area contributed by atoms with E-state index in [9.17, 15) is 9.59 Å². The molecule has 2 N–H and O–H groups in total. The SMILES string of the molecule is COc1ccc(NC(=O)COc2ccc(/C=N\NC(=O)c3ccncc3)cc2)cc1. The van der Waals surface area contributed by atoms with Crippen LogP contribution in [0.15, 0.2) is 78.2 Å². The monoisotopic (exact) mass is 404 g/mol. The van der Waals surface area contributed by atoms with Gasteiger partial charge < -0.3 is 14.8 Å². The molecule has 0 aliphatic carbocycles. The van der Waals surface area contributed by atoms with Crippen LogP contribution in [0.3, 0.4) is 0 Å². The molecule has 3 aromatic rings. The molecule has 152 valence electrons. The maximum absolute atomic E-state index is 12.0. The number of rotatable bonds is 8. The van der Waals surface area contributed by atoms with Gasteiger partial charge in [0, 0.05) is 23.6 Å². The first-order chi connectivity index (χ1) is 14.6. The number of anilines is 1. The molecular weight excluding hydrogens is 384 g/mol. The number of amides is 2. The van der Waals surface area contributed by atoms with E-state index in [4.69, 9.17) is 9.47 Å². The van der Waals surface area contributed by atoms with Crippen molar-refractivity contribution in [2.75, 3.05) is 19.0 Å². The average molecular weight is 404 g/mol. The van der Waals surface area contributed by atoms with Gasteiger partial charge in [0.1, 0.15) is 11.5 Å². The molecule has 8 heteroatoms. The minimum absolute atomic E-state index is 0.124. The zero-order chi connectivity index (χ0) is 21.2. The van der Waals surface area contributed by atoms with Crippen molar-refractivity contribution >= 4 is 23.7 Å². The topological polar surface area (TPSA) is 102 Å². The van der Waals surface area contributed by atoms with Crippen LogP contribution in [-0.4, -0.2) is 36.7 Å². The first-order valence-electron chi connectivity index (χ1n) is 9.04. The number of nitrogens with zero attached hydrogens (tertiary/aromatic N) is 2. The molecule has 0 aliphatic rings. The van der Waals surface area contributed by atoms with Crippen LogP contribution in [0.4, 0.5) is 5.69 Å². The fourth-order valence-corrected chi connectivity index (χ4v) is 2.40. The van der Waals surface area contributed by atoms with E-state index in [-0.39, 0.29) is 18.4 Å². The molecule has 0 saturated carbocycles. The van der Waals surface area contributed by atoms with Crippen LogP contribution >= 0.6 is 0 Å². The van der Waals surface area contributed by atoms with Crippen molar-refractivity contribution in [1.82, 2.24) is 10.4 Å². The number of carbonyl (C=O) groups is 2. The van der Waals surface area contributed by atoms with E-state index >= 15 is 0 Å². The van der Waals surface area contributed by atoms with Crippen LogP contribution in [-0.2, 0) is 4.79 Å². The Morgan fingerprint density at radius 1 is 0.967 bits per heavy atom. The fraction of sp³-hybridized carbons (Fsp3) is 0.0909. The minimum Gasteiger partial charge on any atom is -0.497 e. The number of hydrogen-bond donors (Lipinski definition) is 2. The largest absolute Gasteiger partial charge is 0.497 e. The number of nitrogens with one attached hydrogen (secondary N) is 2. The van der Waals surface area contributed by atoms with Gasteiger partial charge in [0.15, 0.2) is 6.61 Å². The lowest BCUT2D eigenvalue weighted by atomic mass is 10.2. The van der Waals surface area contributed by atoms with Crippen molar-refractivity contribution in [2.45, 2.75) is 0 Å². The summed E-state index contributed by atoms with van der Waals surface area (Å²) in [7, 11) is 1.58. The first kappa shape index (κ1) is 20.5. The van der Waals surface area contributed by atoms with Gasteiger partial charge >= 0.3 is 0 Å². The summed E-state index contributed by atoms with van der Waals surface area (Å²) in [6, 6.07) is 17.2. The predicted octanol–water partition coefficient (Wildman–Crippen LogP) is 2.87. The van der Waals surface area contributed by atoms with Crippen molar-refractivity contribution in [3.8, 4) is 11.5 Å². The number of methoxy groups -OCH3 is 1. The van der Waals surface area contributed by atoms with Gasteiger partial charge in [-0.3, -0.25) is 14.6 Å². The van der Waals surface area contributed by atoms with Crippen LogP contribution in [0.1, 0.15) is 15.9 Å². The number of ether oxygens (including phenoxy) is 2. The lowest BCUT2D eigenvalue weighted by Crippen LogP contribution is -2.20. The highest BCUT2D eigenvalue weighted by Crippen LogP contribution is 2.15. The smallest absolute Gasteiger partial charge is 0.271 e. The zero-order valence-electron chi connectivity index (χ0n) is 16.2. The normalized spacial score (nSPS) is 10.4. The predicted molar refractivity (Wildman–Crippen MR) is 113 cm³/mol. The molecule has 0 radical (unpaired) electrons. The standard InChI is InChI=1S/C22H20N4O4/c1-29-19-8-4-18(5-9-19)25-21(27)15-30-20-6-2-16(3-7-20)14-24-26-22(28)17-10-12-23-13-11-17/h2-14H,15H2,1H3,(H,25,27)(H,26,28)/b24-14-. The van der Waals surface area contributed by atoms with Gasteiger partial charge in [-0.1, -0.05) is 0 Å². The van der Waals surface area contributed by atoms with Crippen LogP contribution in [0.2, 0.25) is 0 Å². The Morgan fingerprint density at radius 2 is 1.63 bits per heavy atom. The molecule has 30 heavy (non-hydrogen) atoms. The van der Waals surface area contributed by atoms with Crippen molar-refractivity contribution in [1.29, 1.82) is 0 Å². The van der Waals surface area contributed by atoms with E-state index in [1.807, 2.05) is 0 Å². The quantitative estimate of drug-likeness (QED) is 0.444. The van der Waals surface area contributed by atoms with Crippen LogP contribution < -0.4 is 20.2 Å². The summed E-state index contributed by atoms with van der Waals surface area (Å²) >= 11 is 0. The third-order valence-corrected chi connectivity index (χ3v) is 3.95. The molecule has 0 unspecified atom stereocenters. The summed E-state index contributed by atoms with van der Waals surface area (Å²) in [5, 5.41) is 6.66. The summed E-state index contributed by atoms with van der Waals surface area (Å²) in [5.74, 6) is 0.656. The fourth-order valence-electron chi connectivity index (χ4n) is 2.40. The molecule has 0 saturated heterocycles. The van der Waals surface area contributed by atoms with Gasteiger partial charge in [0.25, 0.3) is 11.8 Å². The second-order valence-corrected chi connectivity index (χ2v) is 6.07.